The molecule has 1 heteroatoms. The first-order valence-corrected chi connectivity index (χ1v) is 4.13. The zero-order valence-electron chi connectivity index (χ0n) is 6.51. The van der Waals surface area contributed by atoms with Crippen molar-refractivity contribution in [3.8, 4) is 0 Å². The molecule has 0 aliphatic heterocycles. The highest BCUT2D eigenvalue weighted by atomic mass is 14.6. The number of allylic oxidation sites excluding steroid dienone is 2. The number of fused-ring (bicyclic) bond motifs is 2. The largest absolute Gasteiger partial charge is 0.330 e. The van der Waals surface area contributed by atoms with Crippen molar-refractivity contribution in [2.24, 2.45) is 23.0 Å². The maximum Gasteiger partial charge on any atom is -0.00173 e. The van der Waals surface area contributed by atoms with E-state index in [9.17, 15) is 0 Å². The van der Waals surface area contributed by atoms with Gasteiger partial charge in [0.15, 0.2) is 0 Å². The van der Waals surface area contributed by atoms with Gasteiger partial charge in [-0.1, -0.05) is 19.1 Å². The number of nitrogens with two attached hydrogens (primary N) is 1. The van der Waals surface area contributed by atoms with Crippen LogP contribution in [-0.2, 0) is 0 Å². The molecule has 3 atom stereocenters. The molecule has 2 aliphatic carbocycles. The average Bonchev–Trinajstić information content (AvgIpc) is 2.46. The predicted octanol–water partition coefficient (Wildman–Crippen LogP) is 1.55. The molecule has 0 amide bonds. The van der Waals surface area contributed by atoms with E-state index >= 15 is 0 Å². The Hall–Kier alpha value is -0.300. The van der Waals surface area contributed by atoms with Crippen LogP contribution < -0.4 is 5.73 Å². The third-order valence-electron chi connectivity index (χ3n) is 3.26. The van der Waals surface area contributed by atoms with Gasteiger partial charge in [-0.15, -0.1) is 0 Å². The number of hydrogen-bond acceptors (Lipinski definition) is 1. The Labute approximate surface area is 62.3 Å². The Kier molecular flexibility index (Phi) is 1.19. The maximum absolute atomic E-state index is 5.72. The Balaban J connectivity index is 2.22. The molecule has 3 unspecified atom stereocenters. The van der Waals surface area contributed by atoms with Crippen molar-refractivity contribution < 1.29 is 0 Å². The molecule has 2 rings (SSSR count). The van der Waals surface area contributed by atoms with E-state index in [0.717, 1.165) is 18.4 Å². The summed E-state index contributed by atoms with van der Waals surface area (Å²) in [5.74, 6) is 1.65. The first kappa shape index (κ1) is 6.41. The summed E-state index contributed by atoms with van der Waals surface area (Å²) < 4.78 is 0. The maximum atomic E-state index is 5.72. The summed E-state index contributed by atoms with van der Waals surface area (Å²) in [6.45, 7) is 3.18. The van der Waals surface area contributed by atoms with Gasteiger partial charge >= 0.3 is 0 Å². The molecule has 0 aromatic carbocycles. The molecule has 1 fully saturated rings. The second-order valence-corrected chi connectivity index (χ2v) is 4.05. The second kappa shape index (κ2) is 1.85. The van der Waals surface area contributed by atoms with E-state index < -0.39 is 0 Å². The lowest BCUT2D eigenvalue weighted by atomic mass is 9.78. The first-order chi connectivity index (χ1) is 4.74. The van der Waals surface area contributed by atoms with Crippen LogP contribution in [0.15, 0.2) is 12.2 Å². The first-order valence-electron chi connectivity index (χ1n) is 4.13. The summed E-state index contributed by atoms with van der Waals surface area (Å²) in [6.07, 6.45) is 7.42. The quantitative estimate of drug-likeness (QED) is 0.545. The highest BCUT2D eigenvalue weighted by Crippen LogP contribution is 2.50. The van der Waals surface area contributed by atoms with Gasteiger partial charge in [-0.3, -0.25) is 0 Å². The molecule has 2 aliphatic rings. The van der Waals surface area contributed by atoms with Crippen molar-refractivity contribution in [1.82, 2.24) is 0 Å². The lowest BCUT2D eigenvalue weighted by Gasteiger charge is -2.29. The molecule has 2 N–H and O–H groups in total. The topological polar surface area (TPSA) is 26.0 Å². The predicted molar refractivity (Wildman–Crippen MR) is 42.5 cm³/mol. The minimum absolute atomic E-state index is 0.444. The SMILES string of the molecule is CC1(CN)CC2C=CC1C2. The molecule has 0 radical (unpaired) electrons. The van der Waals surface area contributed by atoms with Crippen molar-refractivity contribution in [3.05, 3.63) is 12.2 Å². The molecule has 1 saturated carbocycles. The molecule has 0 aromatic heterocycles. The van der Waals surface area contributed by atoms with Gasteiger partial charge in [0.25, 0.3) is 0 Å². The van der Waals surface area contributed by atoms with Crippen LogP contribution in [0.2, 0.25) is 0 Å². The second-order valence-electron chi connectivity index (χ2n) is 4.05. The van der Waals surface area contributed by atoms with Crippen molar-refractivity contribution >= 4 is 0 Å². The average molecular weight is 137 g/mol. The Morgan fingerprint density at radius 2 is 2.40 bits per heavy atom. The smallest absolute Gasteiger partial charge is 0.00173 e. The molecule has 10 heavy (non-hydrogen) atoms. The summed E-state index contributed by atoms with van der Waals surface area (Å²) in [6, 6.07) is 0. The van der Waals surface area contributed by atoms with Crippen LogP contribution in [0.3, 0.4) is 0 Å². The lowest BCUT2D eigenvalue weighted by molar-refractivity contribution is 0.274. The molecule has 0 heterocycles. The van der Waals surface area contributed by atoms with E-state index in [1.807, 2.05) is 0 Å². The van der Waals surface area contributed by atoms with Gasteiger partial charge in [0.05, 0.1) is 0 Å². The van der Waals surface area contributed by atoms with Gasteiger partial charge in [-0.2, -0.15) is 0 Å². The van der Waals surface area contributed by atoms with Crippen molar-refractivity contribution in [1.29, 1.82) is 0 Å². The summed E-state index contributed by atoms with van der Waals surface area (Å²) in [5.41, 5.74) is 6.16. The highest BCUT2D eigenvalue weighted by molar-refractivity contribution is 5.14. The molecule has 1 nitrogen and oxygen atoms in total. The molecule has 56 valence electrons. The van der Waals surface area contributed by atoms with E-state index in [-0.39, 0.29) is 0 Å². The lowest BCUT2D eigenvalue weighted by Crippen LogP contribution is -2.30. The molecule has 2 bridgehead atoms. The Morgan fingerprint density at radius 3 is 2.70 bits per heavy atom. The van der Waals surface area contributed by atoms with Crippen molar-refractivity contribution in [2.75, 3.05) is 6.54 Å². The van der Waals surface area contributed by atoms with Crippen molar-refractivity contribution in [3.63, 3.8) is 0 Å². The number of hydrogen-bond donors (Lipinski definition) is 1. The Morgan fingerprint density at radius 1 is 1.60 bits per heavy atom. The van der Waals surface area contributed by atoms with Crippen LogP contribution in [0.4, 0.5) is 0 Å². The summed E-state index contributed by atoms with van der Waals surface area (Å²) in [5, 5.41) is 0. The minimum Gasteiger partial charge on any atom is -0.330 e. The van der Waals surface area contributed by atoms with Crippen LogP contribution in [0, 0.1) is 17.3 Å². The molecule has 0 aromatic rings. The van der Waals surface area contributed by atoms with Crippen LogP contribution >= 0.6 is 0 Å². The van der Waals surface area contributed by atoms with E-state index in [4.69, 9.17) is 5.73 Å². The minimum atomic E-state index is 0.444. The summed E-state index contributed by atoms with van der Waals surface area (Å²) >= 11 is 0. The molecular formula is C9H15N. The van der Waals surface area contributed by atoms with E-state index in [1.54, 1.807) is 0 Å². The van der Waals surface area contributed by atoms with Crippen LogP contribution in [0.5, 0.6) is 0 Å². The molecular weight excluding hydrogens is 122 g/mol. The van der Waals surface area contributed by atoms with Crippen LogP contribution in [0.25, 0.3) is 0 Å². The van der Waals surface area contributed by atoms with Gasteiger partial charge < -0.3 is 5.73 Å². The fourth-order valence-corrected chi connectivity index (χ4v) is 2.43. The summed E-state index contributed by atoms with van der Waals surface area (Å²) in [4.78, 5) is 0. The van der Waals surface area contributed by atoms with E-state index in [0.29, 0.717) is 5.41 Å². The fourth-order valence-electron chi connectivity index (χ4n) is 2.43. The summed E-state index contributed by atoms with van der Waals surface area (Å²) in [7, 11) is 0. The third-order valence-corrected chi connectivity index (χ3v) is 3.26. The monoisotopic (exact) mass is 137 g/mol. The van der Waals surface area contributed by atoms with E-state index in [2.05, 4.69) is 19.1 Å². The van der Waals surface area contributed by atoms with Crippen LogP contribution in [0.1, 0.15) is 19.8 Å². The standard InChI is InChI=1S/C9H15N/c1-9(6-10)5-7-2-3-8(9)4-7/h2-3,7-8H,4-6,10H2,1H3. The van der Waals surface area contributed by atoms with Gasteiger partial charge in [0.1, 0.15) is 0 Å². The zero-order chi connectivity index (χ0) is 7.19. The van der Waals surface area contributed by atoms with E-state index in [1.165, 1.54) is 12.8 Å². The molecule has 0 saturated heterocycles. The fraction of sp³-hybridized carbons (Fsp3) is 0.778. The normalized spacial score (nSPS) is 50.6. The Bertz CT molecular complexity index is 174. The number of rotatable bonds is 1. The van der Waals surface area contributed by atoms with Crippen LogP contribution in [-0.4, -0.2) is 6.54 Å². The highest BCUT2D eigenvalue weighted by Gasteiger charge is 2.43. The van der Waals surface area contributed by atoms with Crippen molar-refractivity contribution in [2.45, 2.75) is 19.8 Å². The van der Waals surface area contributed by atoms with Gasteiger partial charge in [0, 0.05) is 0 Å². The third kappa shape index (κ3) is 0.671. The zero-order valence-corrected chi connectivity index (χ0v) is 6.51. The van der Waals surface area contributed by atoms with Gasteiger partial charge in [-0.05, 0) is 36.6 Å². The van der Waals surface area contributed by atoms with Gasteiger partial charge in [-0.25, -0.2) is 0 Å². The van der Waals surface area contributed by atoms with Gasteiger partial charge in [0.2, 0.25) is 0 Å². The molecule has 0 spiro atoms.